The van der Waals surface area contributed by atoms with Crippen LogP contribution in [0.3, 0.4) is 0 Å². The molecule has 0 saturated heterocycles. The molecule has 2 aromatic rings. The topological polar surface area (TPSA) is 104 Å². The number of ether oxygens (including phenoxy) is 1. The molecule has 1 amide bonds. The van der Waals surface area contributed by atoms with E-state index in [2.05, 4.69) is 15.3 Å². The smallest absolute Gasteiger partial charge is 0.404 e. The molecule has 0 aliphatic rings. The third kappa shape index (κ3) is 5.32. The Morgan fingerprint density at radius 3 is 2.67 bits per heavy atom. The molecule has 7 heteroatoms. The van der Waals surface area contributed by atoms with E-state index in [0.717, 1.165) is 17.7 Å². The van der Waals surface area contributed by atoms with Crippen LogP contribution in [-0.4, -0.2) is 34.3 Å². The Bertz CT molecular complexity index is 846. The summed E-state index contributed by atoms with van der Waals surface area (Å²) in [6.07, 6.45) is 1.65. The van der Waals surface area contributed by atoms with Crippen LogP contribution in [0.15, 0.2) is 23.0 Å². The molecular weight excluding hydrogens is 346 g/mol. The van der Waals surface area contributed by atoms with Gasteiger partial charge in [-0.05, 0) is 43.4 Å². The van der Waals surface area contributed by atoms with Gasteiger partial charge in [0.2, 0.25) is 0 Å². The molecule has 0 spiro atoms. The van der Waals surface area contributed by atoms with E-state index in [-0.39, 0.29) is 5.56 Å². The Kier molecular flexibility index (Phi) is 7.40. The van der Waals surface area contributed by atoms with E-state index in [1.807, 2.05) is 39.0 Å². The third-order valence-corrected chi connectivity index (χ3v) is 4.24. The SMILES string of the molecule is CCCOc1ccc(CCNC(=O)O)cc1-c1nc(CC)c(CC)c(=O)[nH]1. The highest BCUT2D eigenvalue weighted by Gasteiger charge is 2.14. The van der Waals surface area contributed by atoms with E-state index in [1.165, 1.54) is 0 Å². The second kappa shape index (κ2) is 9.75. The number of nitrogens with one attached hydrogen (secondary N) is 2. The van der Waals surface area contributed by atoms with Crippen LogP contribution in [0.4, 0.5) is 4.79 Å². The third-order valence-electron chi connectivity index (χ3n) is 4.24. The molecular formula is C20H27N3O4. The maximum absolute atomic E-state index is 12.5. The zero-order valence-corrected chi connectivity index (χ0v) is 16.1. The lowest BCUT2D eigenvalue weighted by molar-refractivity contribution is 0.194. The minimum atomic E-state index is -1.05. The van der Waals surface area contributed by atoms with Gasteiger partial charge < -0.3 is 20.1 Å². The van der Waals surface area contributed by atoms with Gasteiger partial charge in [0.05, 0.1) is 17.9 Å². The maximum atomic E-state index is 12.5. The highest BCUT2D eigenvalue weighted by Crippen LogP contribution is 2.29. The zero-order valence-electron chi connectivity index (χ0n) is 16.1. The molecule has 0 unspecified atom stereocenters. The Morgan fingerprint density at radius 2 is 2.04 bits per heavy atom. The number of amides is 1. The number of aromatic nitrogens is 2. The average molecular weight is 373 g/mol. The van der Waals surface area contributed by atoms with Crippen LogP contribution in [-0.2, 0) is 19.3 Å². The van der Waals surface area contributed by atoms with Gasteiger partial charge in [-0.2, -0.15) is 0 Å². The number of nitrogens with zero attached hydrogens (tertiary/aromatic N) is 1. The zero-order chi connectivity index (χ0) is 19.8. The molecule has 0 aliphatic heterocycles. The van der Waals surface area contributed by atoms with Crippen molar-refractivity contribution in [1.29, 1.82) is 0 Å². The summed E-state index contributed by atoms with van der Waals surface area (Å²) >= 11 is 0. The normalized spacial score (nSPS) is 10.6. The highest BCUT2D eigenvalue weighted by molar-refractivity contribution is 5.66. The standard InChI is InChI=1S/C20H27N3O4/c1-4-11-27-17-8-7-13(9-10-21-20(25)26)12-15(17)18-22-16(6-3)14(5-2)19(24)23-18/h7-8,12,21H,4-6,9-11H2,1-3H3,(H,25,26)(H,22,23,24). The fourth-order valence-electron chi connectivity index (χ4n) is 2.90. The van der Waals surface area contributed by atoms with Crippen molar-refractivity contribution in [3.05, 3.63) is 45.4 Å². The van der Waals surface area contributed by atoms with E-state index in [1.54, 1.807) is 0 Å². The van der Waals surface area contributed by atoms with Crippen molar-refractivity contribution in [3.8, 4) is 17.1 Å². The van der Waals surface area contributed by atoms with Gasteiger partial charge in [0.1, 0.15) is 11.6 Å². The molecule has 1 aromatic carbocycles. The summed E-state index contributed by atoms with van der Waals surface area (Å²) in [4.78, 5) is 30.7. The van der Waals surface area contributed by atoms with Gasteiger partial charge in [-0.1, -0.05) is 26.8 Å². The van der Waals surface area contributed by atoms with Gasteiger partial charge in [0.25, 0.3) is 5.56 Å². The quantitative estimate of drug-likeness (QED) is 0.626. The number of rotatable bonds is 9. The summed E-state index contributed by atoms with van der Waals surface area (Å²) in [6, 6.07) is 5.65. The van der Waals surface area contributed by atoms with E-state index in [4.69, 9.17) is 9.84 Å². The number of aromatic amines is 1. The van der Waals surface area contributed by atoms with Crippen molar-refractivity contribution >= 4 is 6.09 Å². The molecule has 0 atom stereocenters. The molecule has 0 bridgehead atoms. The Hall–Kier alpha value is -2.83. The van der Waals surface area contributed by atoms with Gasteiger partial charge in [0.15, 0.2) is 0 Å². The first-order valence-corrected chi connectivity index (χ1v) is 9.35. The fraction of sp³-hybridized carbons (Fsp3) is 0.450. The molecule has 2 rings (SSSR count). The number of H-pyrrole nitrogens is 1. The van der Waals surface area contributed by atoms with Crippen molar-refractivity contribution in [2.75, 3.05) is 13.2 Å². The number of aryl methyl sites for hydroxylation is 1. The summed E-state index contributed by atoms with van der Waals surface area (Å²) in [5.41, 5.74) is 3.02. The summed E-state index contributed by atoms with van der Waals surface area (Å²) in [5.74, 6) is 1.13. The van der Waals surface area contributed by atoms with Crippen LogP contribution in [0.5, 0.6) is 5.75 Å². The summed E-state index contributed by atoms with van der Waals surface area (Å²) in [6.45, 7) is 6.81. The van der Waals surface area contributed by atoms with Crippen molar-refractivity contribution in [2.24, 2.45) is 0 Å². The first kappa shape index (κ1) is 20.5. The highest BCUT2D eigenvalue weighted by atomic mass is 16.5. The van der Waals surface area contributed by atoms with E-state index in [9.17, 15) is 9.59 Å². The lowest BCUT2D eigenvalue weighted by Gasteiger charge is -2.14. The largest absolute Gasteiger partial charge is 0.493 e. The minimum Gasteiger partial charge on any atom is -0.493 e. The maximum Gasteiger partial charge on any atom is 0.404 e. The summed E-state index contributed by atoms with van der Waals surface area (Å²) in [5, 5.41) is 11.1. The Labute approximate surface area is 158 Å². The second-order valence-corrected chi connectivity index (χ2v) is 6.21. The van der Waals surface area contributed by atoms with Crippen molar-refractivity contribution in [3.63, 3.8) is 0 Å². The average Bonchev–Trinajstić information content (AvgIpc) is 2.65. The van der Waals surface area contributed by atoms with Gasteiger partial charge in [-0.15, -0.1) is 0 Å². The number of hydrogen-bond acceptors (Lipinski definition) is 4. The van der Waals surface area contributed by atoms with E-state index >= 15 is 0 Å². The fourth-order valence-corrected chi connectivity index (χ4v) is 2.90. The molecule has 0 aliphatic carbocycles. The van der Waals surface area contributed by atoms with Crippen LogP contribution >= 0.6 is 0 Å². The molecule has 1 aromatic heterocycles. The molecule has 146 valence electrons. The molecule has 27 heavy (non-hydrogen) atoms. The molecule has 0 fully saturated rings. The van der Waals surface area contributed by atoms with Gasteiger partial charge in [0, 0.05) is 12.1 Å². The Balaban J connectivity index is 2.46. The van der Waals surface area contributed by atoms with Gasteiger partial charge in [-0.25, -0.2) is 9.78 Å². The molecule has 7 nitrogen and oxygen atoms in total. The second-order valence-electron chi connectivity index (χ2n) is 6.21. The minimum absolute atomic E-state index is 0.126. The molecule has 3 N–H and O–H groups in total. The summed E-state index contributed by atoms with van der Waals surface area (Å²) < 4.78 is 5.84. The number of benzene rings is 1. The molecule has 0 saturated carbocycles. The number of carboxylic acid groups (broad SMARTS) is 1. The van der Waals surface area contributed by atoms with Crippen LogP contribution in [0.25, 0.3) is 11.4 Å². The van der Waals surface area contributed by atoms with Crippen LogP contribution in [0, 0.1) is 0 Å². The first-order valence-electron chi connectivity index (χ1n) is 9.35. The monoisotopic (exact) mass is 373 g/mol. The lowest BCUT2D eigenvalue weighted by atomic mass is 10.1. The predicted molar refractivity (Wildman–Crippen MR) is 105 cm³/mol. The van der Waals surface area contributed by atoms with E-state index < -0.39 is 6.09 Å². The van der Waals surface area contributed by atoms with Crippen LogP contribution in [0.2, 0.25) is 0 Å². The van der Waals surface area contributed by atoms with Crippen LogP contribution in [0.1, 0.15) is 44.0 Å². The lowest BCUT2D eigenvalue weighted by Crippen LogP contribution is -2.23. The molecule has 0 radical (unpaired) electrons. The number of carbonyl (C=O) groups is 1. The predicted octanol–water partition coefficient (Wildman–Crippen LogP) is 3.16. The Morgan fingerprint density at radius 1 is 1.26 bits per heavy atom. The van der Waals surface area contributed by atoms with Gasteiger partial charge in [-0.3, -0.25) is 4.79 Å². The van der Waals surface area contributed by atoms with Crippen molar-refractivity contribution < 1.29 is 14.6 Å². The number of hydrogen-bond donors (Lipinski definition) is 3. The first-order chi connectivity index (χ1) is 13.0. The van der Waals surface area contributed by atoms with Crippen molar-refractivity contribution in [1.82, 2.24) is 15.3 Å². The van der Waals surface area contributed by atoms with Crippen molar-refractivity contribution in [2.45, 2.75) is 46.5 Å². The molecule has 1 heterocycles. The van der Waals surface area contributed by atoms with E-state index in [0.29, 0.717) is 55.1 Å². The van der Waals surface area contributed by atoms with Gasteiger partial charge >= 0.3 is 6.09 Å². The summed E-state index contributed by atoms with van der Waals surface area (Å²) in [7, 11) is 0. The van der Waals surface area contributed by atoms with Crippen LogP contribution < -0.4 is 15.6 Å².